The highest BCUT2D eigenvalue weighted by molar-refractivity contribution is 5.49. The van der Waals surface area contributed by atoms with Crippen molar-refractivity contribution in [2.24, 2.45) is 0 Å². The van der Waals surface area contributed by atoms with Gasteiger partial charge in [-0.05, 0) is 31.3 Å². The fourth-order valence-electron chi connectivity index (χ4n) is 3.34. The molecule has 1 atom stereocenters. The van der Waals surface area contributed by atoms with Crippen LogP contribution in [0.5, 0.6) is 11.6 Å². The molecule has 0 bridgehead atoms. The van der Waals surface area contributed by atoms with Crippen LogP contribution in [0.4, 0.5) is 0 Å². The Labute approximate surface area is 142 Å². The first-order valence-electron chi connectivity index (χ1n) is 8.50. The summed E-state index contributed by atoms with van der Waals surface area (Å²) in [6.07, 6.45) is 11.6. The topological polar surface area (TPSA) is 72.4 Å². The fraction of sp³-hybridized carbons (Fsp3) is 0.500. The first-order chi connectivity index (χ1) is 11.6. The van der Waals surface area contributed by atoms with Gasteiger partial charge in [0.25, 0.3) is 0 Å². The van der Waals surface area contributed by atoms with Gasteiger partial charge < -0.3 is 24.1 Å². The van der Waals surface area contributed by atoms with Gasteiger partial charge in [-0.2, -0.15) is 0 Å². The standard InChI is InChI=1S/C18H25N3O3/c1-13(2)15-16(14-6-3-4-11-24-14)21(18(23)17(15)22)9-5-8-20-10-7-19-12-20/h4,7,10-14,22-23H,3,5-6,8-9H2,1-2H3. The van der Waals surface area contributed by atoms with Gasteiger partial charge in [-0.15, -0.1) is 0 Å². The van der Waals surface area contributed by atoms with E-state index in [0.29, 0.717) is 6.54 Å². The maximum Gasteiger partial charge on any atom is 0.235 e. The Morgan fingerprint density at radius 2 is 2.17 bits per heavy atom. The first-order valence-corrected chi connectivity index (χ1v) is 8.50. The van der Waals surface area contributed by atoms with Gasteiger partial charge in [0, 0.05) is 31.0 Å². The predicted octanol–water partition coefficient (Wildman–Crippen LogP) is 3.67. The van der Waals surface area contributed by atoms with Crippen LogP contribution in [0.1, 0.15) is 56.4 Å². The van der Waals surface area contributed by atoms with Gasteiger partial charge in [0.1, 0.15) is 6.10 Å². The molecule has 0 radical (unpaired) electrons. The van der Waals surface area contributed by atoms with E-state index in [-0.39, 0.29) is 23.7 Å². The molecule has 1 aliphatic rings. The third-order valence-corrected chi connectivity index (χ3v) is 4.46. The Morgan fingerprint density at radius 1 is 1.33 bits per heavy atom. The molecule has 2 N–H and O–H groups in total. The molecule has 2 aromatic rings. The minimum Gasteiger partial charge on any atom is -0.503 e. The molecule has 0 amide bonds. The van der Waals surface area contributed by atoms with Gasteiger partial charge in [-0.3, -0.25) is 0 Å². The normalized spacial score (nSPS) is 17.4. The first kappa shape index (κ1) is 16.5. The molecule has 0 spiro atoms. The molecule has 3 heterocycles. The van der Waals surface area contributed by atoms with Crippen LogP contribution in [0.3, 0.4) is 0 Å². The number of rotatable bonds is 6. The molecular formula is C18H25N3O3. The van der Waals surface area contributed by atoms with Crippen LogP contribution in [-0.4, -0.2) is 24.3 Å². The van der Waals surface area contributed by atoms with Crippen molar-refractivity contribution in [1.29, 1.82) is 0 Å². The number of ether oxygens (including phenoxy) is 1. The summed E-state index contributed by atoms with van der Waals surface area (Å²) in [5, 5.41) is 20.9. The minimum atomic E-state index is -0.132. The highest BCUT2D eigenvalue weighted by Crippen LogP contribution is 2.44. The molecule has 1 unspecified atom stereocenters. The monoisotopic (exact) mass is 331 g/mol. The lowest BCUT2D eigenvalue weighted by Gasteiger charge is -2.24. The van der Waals surface area contributed by atoms with Crippen LogP contribution < -0.4 is 0 Å². The molecule has 2 aromatic heterocycles. The van der Waals surface area contributed by atoms with E-state index < -0.39 is 0 Å². The van der Waals surface area contributed by atoms with E-state index in [1.54, 1.807) is 18.8 Å². The maximum absolute atomic E-state index is 10.5. The number of imidazole rings is 1. The summed E-state index contributed by atoms with van der Waals surface area (Å²) in [5.74, 6) is 0.0357. The van der Waals surface area contributed by atoms with Crippen molar-refractivity contribution in [1.82, 2.24) is 14.1 Å². The lowest BCUT2D eigenvalue weighted by molar-refractivity contribution is 0.115. The molecule has 0 fully saturated rings. The summed E-state index contributed by atoms with van der Waals surface area (Å²) in [7, 11) is 0. The Morgan fingerprint density at radius 3 is 2.79 bits per heavy atom. The summed E-state index contributed by atoms with van der Waals surface area (Å²) >= 11 is 0. The van der Waals surface area contributed by atoms with E-state index >= 15 is 0 Å². The third-order valence-electron chi connectivity index (χ3n) is 4.46. The van der Waals surface area contributed by atoms with Gasteiger partial charge in [0.2, 0.25) is 5.88 Å². The van der Waals surface area contributed by atoms with Gasteiger partial charge in [-0.25, -0.2) is 4.98 Å². The number of hydrogen-bond donors (Lipinski definition) is 2. The number of aromatic nitrogens is 3. The quantitative estimate of drug-likeness (QED) is 0.847. The zero-order chi connectivity index (χ0) is 17.1. The van der Waals surface area contributed by atoms with Gasteiger partial charge >= 0.3 is 0 Å². The fourth-order valence-corrected chi connectivity index (χ4v) is 3.34. The number of aromatic hydroxyl groups is 2. The van der Waals surface area contributed by atoms with Crippen LogP contribution in [-0.2, 0) is 17.8 Å². The van der Waals surface area contributed by atoms with E-state index in [1.165, 1.54) is 0 Å². The molecule has 0 aliphatic carbocycles. The lowest BCUT2D eigenvalue weighted by atomic mass is 9.97. The van der Waals surface area contributed by atoms with E-state index in [0.717, 1.165) is 37.1 Å². The Bertz CT molecular complexity index is 702. The predicted molar refractivity (Wildman–Crippen MR) is 90.9 cm³/mol. The maximum atomic E-state index is 10.5. The number of nitrogens with zero attached hydrogens (tertiary/aromatic N) is 3. The SMILES string of the molecule is CC(C)c1c(O)c(O)n(CCCn2ccnc2)c1C1CCC=CO1. The molecule has 3 rings (SSSR count). The summed E-state index contributed by atoms with van der Waals surface area (Å²) in [6.45, 7) is 5.46. The summed E-state index contributed by atoms with van der Waals surface area (Å²) in [5.41, 5.74) is 1.69. The zero-order valence-corrected chi connectivity index (χ0v) is 14.2. The minimum absolute atomic E-state index is 0.0132. The molecule has 1 aliphatic heterocycles. The Balaban J connectivity index is 1.88. The van der Waals surface area contributed by atoms with E-state index in [1.807, 2.05) is 35.3 Å². The molecule has 24 heavy (non-hydrogen) atoms. The summed E-state index contributed by atoms with van der Waals surface area (Å²) < 4.78 is 9.59. The van der Waals surface area contributed by atoms with E-state index in [9.17, 15) is 10.2 Å². The van der Waals surface area contributed by atoms with E-state index in [2.05, 4.69) is 4.98 Å². The lowest BCUT2D eigenvalue weighted by Crippen LogP contribution is -2.14. The van der Waals surface area contributed by atoms with E-state index in [4.69, 9.17) is 4.74 Å². The van der Waals surface area contributed by atoms with Crippen LogP contribution in [0, 0.1) is 0 Å². The molecule has 0 saturated heterocycles. The highest BCUT2D eigenvalue weighted by atomic mass is 16.5. The van der Waals surface area contributed by atoms with Crippen LogP contribution >= 0.6 is 0 Å². The van der Waals surface area contributed by atoms with Gasteiger partial charge in [0.05, 0.1) is 18.3 Å². The third kappa shape index (κ3) is 3.13. The van der Waals surface area contributed by atoms with Crippen LogP contribution in [0.2, 0.25) is 0 Å². The van der Waals surface area contributed by atoms with Crippen LogP contribution in [0.25, 0.3) is 0 Å². The van der Waals surface area contributed by atoms with Crippen molar-refractivity contribution in [2.45, 2.75) is 58.2 Å². The van der Waals surface area contributed by atoms with Crippen molar-refractivity contribution in [3.05, 3.63) is 42.3 Å². The largest absolute Gasteiger partial charge is 0.503 e. The Hall–Kier alpha value is -2.37. The second-order valence-electron chi connectivity index (χ2n) is 6.51. The molecule has 6 heteroatoms. The smallest absolute Gasteiger partial charge is 0.235 e. The molecule has 0 saturated carbocycles. The summed E-state index contributed by atoms with van der Waals surface area (Å²) in [4.78, 5) is 4.04. The number of allylic oxidation sites excluding steroid dienone is 1. The van der Waals surface area contributed by atoms with Crippen molar-refractivity contribution >= 4 is 0 Å². The van der Waals surface area contributed by atoms with Crippen molar-refractivity contribution in [3.63, 3.8) is 0 Å². The van der Waals surface area contributed by atoms with Crippen molar-refractivity contribution < 1.29 is 14.9 Å². The van der Waals surface area contributed by atoms with Gasteiger partial charge in [-0.1, -0.05) is 13.8 Å². The second-order valence-corrected chi connectivity index (χ2v) is 6.51. The zero-order valence-electron chi connectivity index (χ0n) is 14.2. The number of aryl methyl sites for hydroxylation is 1. The van der Waals surface area contributed by atoms with Gasteiger partial charge in [0.15, 0.2) is 5.75 Å². The molecule has 0 aromatic carbocycles. The van der Waals surface area contributed by atoms with Crippen molar-refractivity contribution in [3.8, 4) is 11.6 Å². The van der Waals surface area contributed by atoms with Crippen molar-refractivity contribution in [2.75, 3.05) is 0 Å². The number of hydrogen-bond acceptors (Lipinski definition) is 4. The van der Waals surface area contributed by atoms with Crippen LogP contribution in [0.15, 0.2) is 31.1 Å². The molecule has 130 valence electrons. The second kappa shape index (κ2) is 7.03. The summed E-state index contributed by atoms with van der Waals surface area (Å²) in [6, 6.07) is 0. The highest BCUT2D eigenvalue weighted by Gasteiger charge is 2.30. The molecule has 6 nitrogen and oxygen atoms in total. The average molecular weight is 331 g/mol. The Kier molecular flexibility index (Phi) is 4.83. The average Bonchev–Trinajstić information content (AvgIpc) is 3.17. The molecular weight excluding hydrogens is 306 g/mol.